The first kappa shape index (κ1) is 22.5. The van der Waals surface area contributed by atoms with Gasteiger partial charge in [-0.1, -0.05) is 18.2 Å². The fraction of sp³-hybridized carbons (Fsp3) is 0.381. The number of benzene rings is 2. The van der Waals surface area contributed by atoms with Crippen LogP contribution < -0.4 is 9.64 Å². The zero-order chi connectivity index (χ0) is 22.6. The molecule has 2 aromatic carbocycles. The number of non-ortho nitro benzene ring substituents is 1. The molecule has 31 heavy (non-hydrogen) atoms. The van der Waals surface area contributed by atoms with Crippen LogP contribution in [-0.2, 0) is 21.2 Å². The average Bonchev–Trinajstić information content (AvgIpc) is 3.10. The van der Waals surface area contributed by atoms with E-state index in [1.807, 2.05) is 43.3 Å². The Morgan fingerprint density at radius 3 is 2.48 bits per heavy atom. The number of hydrogen-bond acceptors (Lipinski definition) is 7. The molecule has 0 unspecified atom stereocenters. The van der Waals surface area contributed by atoms with Crippen LogP contribution >= 0.6 is 0 Å². The maximum Gasteiger partial charge on any atom is 0.273 e. The molecule has 2 aromatic rings. The number of carbonyl (C=O) groups excluding carboxylic acids is 1. The van der Waals surface area contributed by atoms with Crippen molar-refractivity contribution < 1.29 is 22.9 Å². The molecule has 0 aromatic heterocycles. The van der Waals surface area contributed by atoms with Gasteiger partial charge >= 0.3 is 0 Å². The molecule has 1 amide bonds. The summed E-state index contributed by atoms with van der Waals surface area (Å²) in [4.78, 5) is 26.9. The number of hydrogen-bond donors (Lipinski definition) is 0. The van der Waals surface area contributed by atoms with Gasteiger partial charge in [0.15, 0.2) is 16.4 Å². The van der Waals surface area contributed by atoms with Gasteiger partial charge in [0.25, 0.3) is 11.6 Å². The lowest BCUT2D eigenvalue weighted by Crippen LogP contribution is -2.43. The predicted octanol–water partition coefficient (Wildman–Crippen LogP) is 2.26. The number of amides is 1. The van der Waals surface area contributed by atoms with Crippen LogP contribution in [0.3, 0.4) is 0 Å². The van der Waals surface area contributed by atoms with E-state index in [2.05, 4.69) is 0 Å². The topological polar surface area (TPSA) is 110 Å². The van der Waals surface area contributed by atoms with E-state index < -0.39 is 20.8 Å². The Balaban J connectivity index is 1.74. The normalized spacial score (nSPS) is 17.2. The standard InChI is InChI=1S/C21H25N3O6S/c1-22(2)17-8-6-16(7-9-17)13-23(19-10-11-31(28,29)15-19)21(25)14-30-20-5-3-4-18(12-20)24(26)27/h3-9,12,19H,10-11,13-15H2,1-2H3/t19-/m0/s1. The van der Waals surface area contributed by atoms with Crippen molar-refractivity contribution in [1.29, 1.82) is 0 Å². The molecule has 0 aliphatic carbocycles. The smallest absolute Gasteiger partial charge is 0.273 e. The molecule has 0 spiro atoms. The second kappa shape index (κ2) is 9.34. The maximum absolute atomic E-state index is 13.0. The molecular formula is C21H25N3O6S. The van der Waals surface area contributed by atoms with Crippen LogP contribution in [-0.4, -0.2) is 62.4 Å². The van der Waals surface area contributed by atoms with Crippen molar-refractivity contribution in [2.24, 2.45) is 0 Å². The second-order valence-electron chi connectivity index (χ2n) is 7.68. The van der Waals surface area contributed by atoms with Crippen LogP contribution in [0.5, 0.6) is 5.75 Å². The van der Waals surface area contributed by atoms with E-state index in [0.717, 1.165) is 11.3 Å². The molecule has 1 heterocycles. The van der Waals surface area contributed by atoms with Gasteiger partial charge in [0.2, 0.25) is 0 Å². The highest BCUT2D eigenvalue weighted by Gasteiger charge is 2.34. The van der Waals surface area contributed by atoms with E-state index in [4.69, 9.17) is 4.74 Å². The molecule has 1 aliphatic heterocycles. The van der Waals surface area contributed by atoms with Crippen molar-refractivity contribution in [1.82, 2.24) is 4.90 Å². The van der Waals surface area contributed by atoms with Crippen molar-refractivity contribution in [2.45, 2.75) is 19.0 Å². The zero-order valence-corrected chi connectivity index (χ0v) is 18.2. The van der Waals surface area contributed by atoms with Crippen LogP contribution in [0, 0.1) is 10.1 Å². The SMILES string of the molecule is CN(C)c1ccc(CN(C(=O)COc2cccc([N+](=O)[O-])c2)[C@H]2CCS(=O)(=O)C2)cc1. The molecule has 9 nitrogen and oxygen atoms in total. The van der Waals surface area contributed by atoms with E-state index >= 15 is 0 Å². The second-order valence-corrected chi connectivity index (χ2v) is 9.91. The molecule has 10 heteroatoms. The summed E-state index contributed by atoms with van der Waals surface area (Å²) in [6, 6.07) is 12.8. The molecule has 1 saturated heterocycles. The summed E-state index contributed by atoms with van der Waals surface area (Å²) in [6.07, 6.45) is 0.376. The molecule has 1 atom stereocenters. The fourth-order valence-electron chi connectivity index (χ4n) is 3.45. The Morgan fingerprint density at radius 2 is 1.90 bits per heavy atom. The van der Waals surface area contributed by atoms with Gasteiger partial charge < -0.3 is 14.5 Å². The first-order valence-electron chi connectivity index (χ1n) is 9.78. The number of sulfone groups is 1. The molecule has 1 fully saturated rings. The van der Waals surface area contributed by atoms with Gasteiger partial charge in [-0.3, -0.25) is 14.9 Å². The number of nitrogens with zero attached hydrogens (tertiary/aromatic N) is 3. The molecule has 166 valence electrons. The monoisotopic (exact) mass is 447 g/mol. The van der Waals surface area contributed by atoms with Crippen LogP contribution in [0.1, 0.15) is 12.0 Å². The van der Waals surface area contributed by atoms with Crippen molar-refractivity contribution in [3.05, 3.63) is 64.2 Å². The summed E-state index contributed by atoms with van der Waals surface area (Å²) in [7, 11) is 0.677. The van der Waals surface area contributed by atoms with E-state index in [-0.39, 0.29) is 42.0 Å². The number of nitro benzene ring substituents is 1. The molecule has 0 bridgehead atoms. The molecule has 3 rings (SSSR count). The average molecular weight is 448 g/mol. The van der Waals surface area contributed by atoms with Crippen molar-refractivity contribution in [3.8, 4) is 5.75 Å². The first-order chi connectivity index (χ1) is 14.6. The summed E-state index contributed by atoms with van der Waals surface area (Å²) in [5.41, 5.74) is 1.75. The predicted molar refractivity (Wildman–Crippen MR) is 117 cm³/mol. The van der Waals surface area contributed by atoms with Crippen LogP contribution in [0.2, 0.25) is 0 Å². The molecule has 0 saturated carbocycles. The Kier molecular flexibility index (Phi) is 6.79. The van der Waals surface area contributed by atoms with Gasteiger partial charge in [-0.2, -0.15) is 0 Å². The number of anilines is 1. The van der Waals surface area contributed by atoms with Gasteiger partial charge in [-0.25, -0.2) is 8.42 Å². The molecule has 1 aliphatic rings. The fourth-order valence-corrected chi connectivity index (χ4v) is 5.18. The highest BCUT2D eigenvalue weighted by atomic mass is 32.2. The molecule has 0 radical (unpaired) electrons. The minimum absolute atomic E-state index is 0.0484. The van der Waals surface area contributed by atoms with Crippen LogP contribution in [0.15, 0.2) is 48.5 Å². The van der Waals surface area contributed by atoms with Gasteiger partial charge in [-0.05, 0) is 30.2 Å². The lowest BCUT2D eigenvalue weighted by molar-refractivity contribution is -0.384. The zero-order valence-electron chi connectivity index (χ0n) is 17.4. The van der Waals surface area contributed by atoms with E-state index in [9.17, 15) is 23.3 Å². The van der Waals surface area contributed by atoms with E-state index in [1.54, 1.807) is 0 Å². The Morgan fingerprint density at radius 1 is 1.19 bits per heavy atom. The maximum atomic E-state index is 13.0. The summed E-state index contributed by atoms with van der Waals surface area (Å²) >= 11 is 0. The number of nitro groups is 1. The number of ether oxygens (including phenoxy) is 1. The Hall–Kier alpha value is -3.14. The lowest BCUT2D eigenvalue weighted by atomic mass is 10.1. The van der Waals surface area contributed by atoms with Gasteiger partial charge in [0, 0.05) is 38.4 Å². The van der Waals surface area contributed by atoms with E-state index in [0.29, 0.717) is 6.42 Å². The summed E-state index contributed by atoms with van der Waals surface area (Å²) in [5, 5.41) is 10.9. The summed E-state index contributed by atoms with van der Waals surface area (Å²) in [6.45, 7) is -0.0848. The first-order valence-corrected chi connectivity index (χ1v) is 11.6. The van der Waals surface area contributed by atoms with Gasteiger partial charge in [-0.15, -0.1) is 0 Å². The van der Waals surface area contributed by atoms with Crippen molar-refractivity contribution >= 4 is 27.1 Å². The van der Waals surface area contributed by atoms with E-state index in [1.165, 1.54) is 29.2 Å². The Labute approximate surface area is 181 Å². The lowest BCUT2D eigenvalue weighted by Gasteiger charge is -2.28. The highest BCUT2D eigenvalue weighted by molar-refractivity contribution is 7.91. The highest BCUT2D eigenvalue weighted by Crippen LogP contribution is 2.23. The van der Waals surface area contributed by atoms with Crippen molar-refractivity contribution in [2.75, 3.05) is 37.1 Å². The Bertz CT molecular complexity index is 1050. The quantitative estimate of drug-likeness (QED) is 0.451. The minimum Gasteiger partial charge on any atom is -0.484 e. The summed E-state index contributed by atoms with van der Waals surface area (Å²) < 4.78 is 29.5. The summed E-state index contributed by atoms with van der Waals surface area (Å²) in [5.74, 6) is -0.194. The minimum atomic E-state index is -3.18. The third-order valence-electron chi connectivity index (χ3n) is 5.17. The third kappa shape index (κ3) is 5.94. The third-order valence-corrected chi connectivity index (χ3v) is 6.92. The molecule has 0 N–H and O–H groups in total. The number of carbonyl (C=O) groups is 1. The van der Waals surface area contributed by atoms with Gasteiger partial charge in [0.05, 0.1) is 22.5 Å². The molecular weight excluding hydrogens is 422 g/mol. The largest absolute Gasteiger partial charge is 0.484 e. The van der Waals surface area contributed by atoms with Crippen molar-refractivity contribution in [3.63, 3.8) is 0 Å². The van der Waals surface area contributed by atoms with Gasteiger partial charge in [0.1, 0.15) is 5.75 Å². The number of rotatable bonds is 8. The van der Waals surface area contributed by atoms with Crippen LogP contribution in [0.25, 0.3) is 0 Å². The van der Waals surface area contributed by atoms with Crippen LogP contribution in [0.4, 0.5) is 11.4 Å².